The first kappa shape index (κ1) is 18.6. The van der Waals surface area contributed by atoms with E-state index in [9.17, 15) is 0 Å². The summed E-state index contributed by atoms with van der Waals surface area (Å²) in [5.41, 5.74) is 3.21. The third kappa shape index (κ3) is 3.63. The lowest BCUT2D eigenvalue weighted by atomic mass is 10.0. The lowest BCUT2D eigenvalue weighted by Crippen LogP contribution is -2.32. The van der Waals surface area contributed by atoms with Gasteiger partial charge in [-0.15, -0.1) is 0 Å². The molecule has 2 atom stereocenters. The summed E-state index contributed by atoms with van der Waals surface area (Å²) in [5.74, 6) is 0. The number of thiocarbonyl (C=S) groups is 1. The molecule has 0 amide bonds. The van der Waals surface area contributed by atoms with Crippen molar-refractivity contribution in [2.75, 3.05) is 20.3 Å². The molecule has 0 radical (unpaired) electrons. The Bertz CT molecular complexity index is 915. The van der Waals surface area contributed by atoms with Crippen LogP contribution in [0.5, 0.6) is 0 Å². The molecule has 4 rings (SSSR count). The summed E-state index contributed by atoms with van der Waals surface area (Å²) in [6.45, 7) is 1.51. The second-order valence-electron chi connectivity index (χ2n) is 6.67. The molecule has 28 heavy (non-hydrogen) atoms. The highest BCUT2D eigenvalue weighted by Gasteiger charge is 2.40. The average Bonchev–Trinajstić information content (AvgIpc) is 3.34. The van der Waals surface area contributed by atoms with Gasteiger partial charge in [0.15, 0.2) is 5.11 Å². The quantitative estimate of drug-likeness (QED) is 0.491. The molecule has 7 heteroatoms. The Labute approximate surface area is 170 Å². The van der Waals surface area contributed by atoms with Gasteiger partial charge < -0.3 is 19.5 Å². The number of methoxy groups -OCH3 is 1. The summed E-state index contributed by atoms with van der Waals surface area (Å²) < 4.78 is 7.45. The number of aromatic nitrogens is 3. The Morgan fingerprint density at radius 1 is 1.11 bits per heavy atom. The Balaban J connectivity index is 1.75. The number of nitrogens with zero attached hydrogens (tertiary/aromatic N) is 4. The van der Waals surface area contributed by atoms with Crippen LogP contribution < -0.4 is 5.32 Å². The first-order valence-corrected chi connectivity index (χ1v) is 9.75. The highest BCUT2D eigenvalue weighted by Crippen LogP contribution is 2.39. The normalized spacial score (nSPS) is 19.0. The lowest BCUT2D eigenvalue weighted by molar-refractivity contribution is 0.180. The summed E-state index contributed by atoms with van der Waals surface area (Å²) in [7, 11) is 1.73. The molecular formula is C21H23N5OS. The van der Waals surface area contributed by atoms with E-state index in [1.807, 2.05) is 48.9 Å². The van der Waals surface area contributed by atoms with Gasteiger partial charge in [-0.05, 0) is 55.0 Å². The molecule has 0 aliphatic carbocycles. The van der Waals surface area contributed by atoms with Gasteiger partial charge in [-0.1, -0.05) is 6.07 Å². The zero-order valence-electron chi connectivity index (χ0n) is 15.7. The van der Waals surface area contributed by atoms with Crippen molar-refractivity contribution in [2.45, 2.75) is 18.5 Å². The van der Waals surface area contributed by atoms with Crippen molar-refractivity contribution >= 4 is 17.3 Å². The molecule has 0 spiro atoms. The van der Waals surface area contributed by atoms with E-state index in [1.54, 1.807) is 7.11 Å². The maximum atomic E-state index is 5.71. The second-order valence-corrected chi connectivity index (χ2v) is 7.06. The number of hydrogen-bond donors (Lipinski definition) is 1. The molecule has 1 aliphatic rings. The molecule has 1 N–H and O–H groups in total. The van der Waals surface area contributed by atoms with Crippen LogP contribution in [0.25, 0.3) is 5.69 Å². The van der Waals surface area contributed by atoms with E-state index in [0.717, 1.165) is 35.2 Å². The van der Waals surface area contributed by atoms with E-state index in [0.29, 0.717) is 6.61 Å². The molecule has 3 aromatic rings. The number of hydrogen-bond acceptors (Lipinski definition) is 4. The van der Waals surface area contributed by atoms with Gasteiger partial charge in [0.25, 0.3) is 0 Å². The van der Waals surface area contributed by atoms with Gasteiger partial charge in [0.1, 0.15) is 0 Å². The molecule has 4 heterocycles. The predicted molar refractivity (Wildman–Crippen MR) is 112 cm³/mol. The summed E-state index contributed by atoms with van der Waals surface area (Å²) in [6, 6.07) is 14.2. The van der Waals surface area contributed by atoms with E-state index >= 15 is 0 Å². The van der Waals surface area contributed by atoms with Crippen molar-refractivity contribution in [3.63, 3.8) is 0 Å². The lowest BCUT2D eigenvalue weighted by Gasteiger charge is -2.29. The number of nitrogens with one attached hydrogen (secondary N) is 1. The number of pyridine rings is 2. The molecule has 0 aromatic carbocycles. The third-order valence-corrected chi connectivity index (χ3v) is 5.32. The van der Waals surface area contributed by atoms with Crippen LogP contribution in [0.2, 0.25) is 0 Å². The predicted octanol–water partition coefficient (Wildman–Crippen LogP) is 3.28. The van der Waals surface area contributed by atoms with Gasteiger partial charge in [-0.25, -0.2) is 0 Å². The van der Waals surface area contributed by atoms with Crippen LogP contribution in [0, 0.1) is 0 Å². The number of ether oxygens (including phenoxy) is 1. The highest BCUT2D eigenvalue weighted by molar-refractivity contribution is 7.80. The van der Waals surface area contributed by atoms with Crippen molar-refractivity contribution in [1.82, 2.24) is 24.8 Å². The van der Waals surface area contributed by atoms with Gasteiger partial charge in [0, 0.05) is 56.4 Å². The van der Waals surface area contributed by atoms with Crippen molar-refractivity contribution in [3.8, 4) is 5.69 Å². The SMILES string of the molecule is COCCCN1C(=S)N[C@@H](c2ccccn2)[C@H]1c1cccn1-c1ccncc1. The number of rotatable bonds is 7. The van der Waals surface area contributed by atoms with Crippen LogP contribution in [-0.2, 0) is 4.74 Å². The Kier molecular flexibility index (Phi) is 5.64. The fraction of sp³-hybridized carbons (Fsp3) is 0.286. The minimum atomic E-state index is -0.0215. The van der Waals surface area contributed by atoms with Crippen LogP contribution >= 0.6 is 12.2 Å². The topological polar surface area (TPSA) is 55.2 Å². The van der Waals surface area contributed by atoms with Crippen LogP contribution in [0.4, 0.5) is 0 Å². The van der Waals surface area contributed by atoms with Gasteiger partial charge >= 0.3 is 0 Å². The summed E-state index contributed by atoms with van der Waals surface area (Å²) in [5, 5.41) is 4.24. The Morgan fingerprint density at radius 3 is 2.71 bits per heavy atom. The van der Waals surface area contributed by atoms with Gasteiger partial charge in [-0.2, -0.15) is 0 Å². The van der Waals surface area contributed by atoms with E-state index in [-0.39, 0.29) is 12.1 Å². The first-order chi connectivity index (χ1) is 13.8. The molecule has 0 unspecified atom stereocenters. The Hall–Kier alpha value is -2.77. The molecular weight excluding hydrogens is 370 g/mol. The largest absolute Gasteiger partial charge is 0.385 e. The zero-order valence-corrected chi connectivity index (χ0v) is 16.5. The first-order valence-electron chi connectivity index (χ1n) is 9.34. The van der Waals surface area contributed by atoms with Crippen LogP contribution in [0.3, 0.4) is 0 Å². The molecule has 0 saturated carbocycles. The molecule has 0 bridgehead atoms. The van der Waals surface area contributed by atoms with Gasteiger partial charge in [0.05, 0.1) is 17.8 Å². The average molecular weight is 394 g/mol. The molecule has 6 nitrogen and oxygen atoms in total. The van der Waals surface area contributed by atoms with Gasteiger partial charge in [-0.3, -0.25) is 9.97 Å². The van der Waals surface area contributed by atoms with Crippen molar-refractivity contribution in [2.24, 2.45) is 0 Å². The zero-order chi connectivity index (χ0) is 19.3. The minimum Gasteiger partial charge on any atom is -0.385 e. The van der Waals surface area contributed by atoms with Crippen LogP contribution in [-0.4, -0.2) is 44.8 Å². The summed E-state index contributed by atoms with van der Waals surface area (Å²) in [4.78, 5) is 11.0. The smallest absolute Gasteiger partial charge is 0.170 e. The van der Waals surface area contributed by atoms with E-state index < -0.39 is 0 Å². The standard InChI is InChI=1S/C21H23N5OS/c1-27-15-5-14-26-20(19(24-21(26)28)17-6-2-3-10-23-17)18-7-4-13-25(18)16-8-11-22-12-9-16/h2-4,6-13,19-20H,5,14-15H2,1H3,(H,24,28)/t19-,20+/m0/s1. The van der Waals surface area contributed by atoms with Crippen molar-refractivity contribution in [1.29, 1.82) is 0 Å². The third-order valence-electron chi connectivity index (χ3n) is 4.97. The van der Waals surface area contributed by atoms with Crippen LogP contribution in [0.15, 0.2) is 67.3 Å². The molecule has 1 aliphatic heterocycles. The maximum Gasteiger partial charge on any atom is 0.170 e. The molecule has 1 fully saturated rings. The molecule has 3 aromatic heterocycles. The minimum absolute atomic E-state index is 0.0215. The maximum absolute atomic E-state index is 5.71. The van der Waals surface area contributed by atoms with E-state index in [4.69, 9.17) is 17.0 Å². The molecule has 144 valence electrons. The van der Waals surface area contributed by atoms with E-state index in [2.05, 4.69) is 43.1 Å². The fourth-order valence-electron chi connectivity index (χ4n) is 3.72. The van der Waals surface area contributed by atoms with Gasteiger partial charge in [0.2, 0.25) is 0 Å². The summed E-state index contributed by atoms with van der Waals surface area (Å²) >= 11 is 5.71. The summed E-state index contributed by atoms with van der Waals surface area (Å²) in [6.07, 6.45) is 8.42. The molecule has 1 saturated heterocycles. The van der Waals surface area contributed by atoms with Crippen molar-refractivity contribution < 1.29 is 4.74 Å². The van der Waals surface area contributed by atoms with Crippen molar-refractivity contribution in [3.05, 3.63) is 78.6 Å². The highest BCUT2D eigenvalue weighted by atomic mass is 32.1. The van der Waals surface area contributed by atoms with E-state index in [1.165, 1.54) is 0 Å². The van der Waals surface area contributed by atoms with Crippen LogP contribution in [0.1, 0.15) is 29.9 Å². The monoisotopic (exact) mass is 393 g/mol. The second kappa shape index (κ2) is 8.50. The fourth-order valence-corrected chi connectivity index (χ4v) is 4.05. The Morgan fingerprint density at radius 2 is 1.96 bits per heavy atom.